The number of aliphatic hydroxyl groups excluding tert-OH is 4. The van der Waals surface area contributed by atoms with Crippen LogP contribution >= 0.6 is 15.6 Å². The average Bonchev–Trinajstić information content (AvgIpc) is 3.40. The highest BCUT2D eigenvalue weighted by Crippen LogP contribution is 2.61. The number of hydrogen-bond donors (Lipinski definition) is 8. The number of carbonyl (C=O) groups excluding carboxylic acids is 2. The Morgan fingerprint density at radius 1 is 1.07 bits per heavy atom. The fraction of sp³-hybridized carbons (Fsp3) is 0.455. The highest BCUT2D eigenvalue weighted by Gasteiger charge is 2.53. The molecule has 20 nitrogen and oxygen atoms in total. The third kappa shape index (κ3) is 7.47. The molecule has 0 aromatic carbocycles. The minimum Gasteiger partial charge on any atom is -0.408 e. The Morgan fingerprint density at radius 2 is 1.73 bits per heavy atom. The first kappa shape index (κ1) is 33.9. The van der Waals surface area contributed by atoms with Crippen molar-refractivity contribution in [2.75, 3.05) is 13.7 Å². The number of nitrogens with zero attached hydrogens (tertiary/aromatic N) is 3. The molecule has 10 N–H and O–H groups in total. The summed E-state index contributed by atoms with van der Waals surface area (Å²) in [6, 6.07) is 0. The van der Waals surface area contributed by atoms with Gasteiger partial charge in [-0.25, -0.2) is 13.6 Å². The number of primary amides is 2. The molecule has 4 aliphatic rings. The lowest BCUT2D eigenvalue weighted by Gasteiger charge is -2.35. The van der Waals surface area contributed by atoms with Gasteiger partial charge in [-0.3, -0.25) is 24.0 Å². The molecule has 2 amide bonds. The molecule has 0 saturated carbocycles. The van der Waals surface area contributed by atoms with Gasteiger partial charge in [0.2, 0.25) is 18.0 Å². The molecule has 4 aliphatic heterocycles. The number of hydroxylamine groups is 1. The molecule has 4 heterocycles. The van der Waals surface area contributed by atoms with Gasteiger partial charge in [0, 0.05) is 24.4 Å². The van der Waals surface area contributed by atoms with Gasteiger partial charge in [-0.2, -0.15) is 4.31 Å². The molecular weight excluding hydrogens is 636 g/mol. The molecule has 2 fully saturated rings. The lowest BCUT2D eigenvalue weighted by Crippen LogP contribution is -2.51. The Morgan fingerprint density at radius 3 is 2.39 bits per heavy atom. The lowest BCUT2D eigenvalue weighted by molar-refractivity contribution is -0.864. The van der Waals surface area contributed by atoms with Crippen molar-refractivity contribution in [3.05, 3.63) is 60.1 Å². The van der Waals surface area contributed by atoms with Crippen molar-refractivity contribution in [1.29, 1.82) is 0 Å². The second kappa shape index (κ2) is 12.8. The number of hydrazine groups is 1. The van der Waals surface area contributed by atoms with E-state index < -0.39 is 76.7 Å². The number of quaternary nitrogens is 1. The van der Waals surface area contributed by atoms with Crippen molar-refractivity contribution in [2.24, 2.45) is 11.5 Å². The first-order valence-electron chi connectivity index (χ1n) is 12.7. The Hall–Kier alpha value is -2.94. The highest BCUT2D eigenvalue weighted by molar-refractivity contribution is 7.61. The van der Waals surface area contributed by atoms with Gasteiger partial charge in [-0.1, -0.05) is 6.08 Å². The van der Waals surface area contributed by atoms with Crippen molar-refractivity contribution >= 4 is 27.5 Å². The maximum absolute atomic E-state index is 12.4. The number of phosphoric acid groups is 2. The van der Waals surface area contributed by atoms with Gasteiger partial charge in [-0.05, 0) is 17.7 Å². The van der Waals surface area contributed by atoms with Crippen molar-refractivity contribution in [2.45, 2.75) is 49.7 Å². The van der Waals surface area contributed by atoms with Crippen molar-refractivity contribution in [3.8, 4) is 0 Å². The molecule has 244 valence electrons. The number of carbonyl (C=O) groups is 2. The van der Waals surface area contributed by atoms with Crippen molar-refractivity contribution in [3.63, 3.8) is 0 Å². The minimum absolute atomic E-state index is 0.132. The van der Waals surface area contributed by atoms with Gasteiger partial charge in [0.15, 0.2) is 24.2 Å². The SMILES string of the molecule is C[N+]1(C2O[C@H](COP(=O)(O)OP(=O)(O)O/C=C3/ON(N4C=CCC(C(N)=O)=C4)[C@H](O)[C@@H]3O)[C@@H](O)[C@H]2O)C=CCC(C(N)=O)=C1. The average molecular weight is 668 g/mol. The van der Waals surface area contributed by atoms with E-state index in [1.807, 2.05) is 0 Å². The molecule has 4 rings (SSSR count). The number of aliphatic hydroxyl groups is 4. The normalized spacial score (nSPS) is 35.9. The van der Waals surface area contributed by atoms with Crippen LogP contribution in [-0.4, -0.2) is 107 Å². The predicted octanol–water partition coefficient (Wildman–Crippen LogP) is -2.31. The topological polar surface area (TPSA) is 294 Å². The summed E-state index contributed by atoms with van der Waals surface area (Å²) in [6.07, 6.45) is -0.0902. The number of phosphoric ester groups is 2. The Kier molecular flexibility index (Phi) is 9.89. The van der Waals surface area contributed by atoms with Gasteiger partial charge in [0.1, 0.15) is 24.7 Å². The summed E-state index contributed by atoms with van der Waals surface area (Å²) < 4.78 is 43.5. The minimum atomic E-state index is -5.46. The molecular formula is C22H32N5O15P2+. The van der Waals surface area contributed by atoms with Gasteiger partial charge in [-0.15, -0.1) is 0 Å². The molecule has 44 heavy (non-hydrogen) atoms. The summed E-state index contributed by atoms with van der Waals surface area (Å²) in [4.78, 5) is 48.2. The first-order valence-corrected chi connectivity index (χ1v) is 15.7. The Labute approximate surface area is 249 Å². The van der Waals surface area contributed by atoms with Crippen LogP contribution in [0.5, 0.6) is 0 Å². The molecule has 0 bridgehead atoms. The zero-order chi connectivity index (χ0) is 32.6. The Bertz CT molecular complexity index is 1420. The van der Waals surface area contributed by atoms with Crippen LogP contribution in [0.3, 0.4) is 0 Å². The van der Waals surface area contributed by atoms with E-state index in [-0.39, 0.29) is 28.5 Å². The number of ether oxygens (including phenoxy) is 1. The maximum Gasteiger partial charge on any atom is 0.535 e. The summed E-state index contributed by atoms with van der Waals surface area (Å²) in [7, 11) is -9.33. The van der Waals surface area contributed by atoms with E-state index in [9.17, 15) is 48.9 Å². The van der Waals surface area contributed by atoms with Gasteiger partial charge >= 0.3 is 15.6 Å². The van der Waals surface area contributed by atoms with Crippen LogP contribution in [0.15, 0.2) is 60.1 Å². The summed E-state index contributed by atoms with van der Waals surface area (Å²) in [5.74, 6) is -2.09. The molecule has 9 atom stereocenters. The molecule has 0 aromatic rings. The van der Waals surface area contributed by atoms with E-state index in [0.717, 1.165) is 5.01 Å². The molecule has 2 saturated heterocycles. The van der Waals surface area contributed by atoms with Crippen LogP contribution in [0.2, 0.25) is 0 Å². The van der Waals surface area contributed by atoms with Crippen molar-refractivity contribution in [1.82, 2.24) is 10.2 Å². The van der Waals surface area contributed by atoms with E-state index in [1.165, 1.54) is 31.7 Å². The molecule has 4 unspecified atom stereocenters. The monoisotopic (exact) mass is 668 g/mol. The quantitative estimate of drug-likeness (QED) is 0.0651. The molecule has 0 radical (unpaired) electrons. The largest absolute Gasteiger partial charge is 0.535 e. The van der Waals surface area contributed by atoms with Crippen LogP contribution in [0.25, 0.3) is 0 Å². The van der Waals surface area contributed by atoms with E-state index in [0.29, 0.717) is 11.4 Å². The van der Waals surface area contributed by atoms with E-state index in [2.05, 4.69) is 13.4 Å². The third-order valence-electron chi connectivity index (χ3n) is 6.74. The molecule has 0 spiro atoms. The van der Waals surface area contributed by atoms with E-state index in [4.69, 9.17) is 21.0 Å². The third-order valence-corrected chi connectivity index (χ3v) is 9.24. The zero-order valence-corrected chi connectivity index (χ0v) is 24.7. The number of hydrogen-bond acceptors (Lipinski definition) is 15. The molecule has 0 aromatic heterocycles. The molecule has 0 aliphatic carbocycles. The second-order valence-corrected chi connectivity index (χ2v) is 13.1. The highest BCUT2D eigenvalue weighted by atomic mass is 31.3. The number of rotatable bonds is 11. The smallest absolute Gasteiger partial charge is 0.408 e. The van der Waals surface area contributed by atoms with Crippen LogP contribution in [0.1, 0.15) is 12.8 Å². The number of likely N-dealkylation sites (N-methyl/N-ethyl adjacent to an activating group) is 1. The molecule has 22 heteroatoms. The standard InChI is InChI=1S/C22H31N5O15P2/c1-27(7-3-5-13(9-27)20(24)32)22-18(30)16(28)14(40-22)10-38-43(34,35)42-44(36,37)39-11-15-17(29)21(33)26(41-15)25-6-2-4-12(8-25)19(23)31/h2-3,6-9,11,14,16-18,21-22,28-30,33H,4-5,10H2,1H3,(H5-,23,24,31,32,34,35,36,37)/p+1/b15-11+/t14-,16-,17-,18-,21-,22?,27?/m1/s1. The van der Waals surface area contributed by atoms with E-state index >= 15 is 0 Å². The number of allylic oxidation sites excluding steroid dienone is 2. The van der Waals surface area contributed by atoms with Crippen LogP contribution in [-0.2, 0) is 41.7 Å². The van der Waals surface area contributed by atoms with Gasteiger partial charge in [0.25, 0.3) is 0 Å². The van der Waals surface area contributed by atoms with Crippen LogP contribution in [0.4, 0.5) is 0 Å². The van der Waals surface area contributed by atoms with E-state index in [1.54, 1.807) is 12.3 Å². The summed E-state index contributed by atoms with van der Waals surface area (Å²) in [5.41, 5.74) is 10.9. The predicted molar refractivity (Wildman–Crippen MR) is 142 cm³/mol. The lowest BCUT2D eigenvalue weighted by atomic mass is 10.1. The zero-order valence-electron chi connectivity index (χ0n) is 22.9. The number of nitrogens with two attached hydrogens (primary N) is 2. The fourth-order valence-corrected chi connectivity index (χ4v) is 6.49. The second-order valence-electron chi connectivity index (χ2n) is 10.1. The van der Waals surface area contributed by atoms with Crippen molar-refractivity contribution < 1.29 is 76.3 Å². The first-order chi connectivity index (χ1) is 20.4. The van der Waals surface area contributed by atoms with Gasteiger partial charge in [0.05, 0.1) is 25.4 Å². The number of amides is 2. The van der Waals surface area contributed by atoms with Crippen LogP contribution in [0, 0.1) is 0 Å². The van der Waals surface area contributed by atoms with Gasteiger partial charge < -0.3 is 50.9 Å². The summed E-state index contributed by atoms with van der Waals surface area (Å²) in [5, 5.41) is 43.2. The summed E-state index contributed by atoms with van der Waals surface area (Å²) in [6.45, 7) is -0.910. The summed E-state index contributed by atoms with van der Waals surface area (Å²) >= 11 is 0. The Balaban J connectivity index is 1.35. The fourth-order valence-electron chi connectivity index (χ4n) is 4.54. The van der Waals surface area contributed by atoms with Crippen LogP contribution < -0.4 is 11.5 Å². The maximum atomic E-state index is 12.4.